The minimum absolute atomic E-state index is 0.614. The summed E-state index contributed by atoms with van der Waals surface area (Å²) in [5.74, 6) is 1.87. The van der Waals surface area contributed by atoms with Gasteiger partial charge in [0.2, 0.25) is 0 Å². The van der Waals surface area contributed by atoms with Gasteiger partial charge in [-0.2, -0.15) is 0 Å². The van der Waals surface area contributed by atoms with E-state index in [9.17, 15) is 0 Å². The Morgan fingerprint density at radius 3 is 1.70 bits per heavy atom. The summed E-state index contributed by atoms with van der Waals surface area (Å²) in [6.45, 7) is 0. The Bertz CT molecular complexity index is 3250. The molecule has 8 aromatic carbocycles. The molecule has 262 valence electrons. The number of rotatable bonds is 6. The van der Waals surface area contributed by atoms with Crippen LogP contribution >= 0.6 is 11.3 Å². The van der Waals surface area contributed by atoms with Crippen LogP contribution in [-0.4, -0.2) is 19.9 Å². The molecular formula is C50H30N4OS. The second-order valence-electron chi connectivity index (χ2n) is 13.9. The Labute approximate surface area is 326 Å². The topological polar surface area (TPSA) is 64.7 Å². The summed E-state index contributed by atoms with van der Waals surface area (Å²) in [7, 11) is 0. The lowest BCUT2D eigenvalue weighted by Crippen LogP contribution is -2.00. The number of para-hydroxylation sites is 1. The van der Waals surface area contributed by atoms with E-state index in [4.69, 9.17) is 24.4 Å². The van der Waals surface area contributed by atoms with E-state index in [1.807, 2.05) is 54.6 Å². The van der Waals surface area contributed by atoms with Gasteiger partial charge in [0, 0.05) is 44.7 Å². The van der Waals surface area contributed by atoms with E-state index in [1.165, 1.54) is 0 Å². The van der Waals surface area contributed by atoms with Gasteiger partial charge in [-0.25, -0.2) is 19.9 Å². The molecule has 0 bridgehead atoms. The lowest BCUT2D eigenvalue weighted by Gasteiger charge is -2.11. The summed E-state index contributed by atoms with van der Waals surface area (Å²) in [6, 6.07) is 62.8. The van der Waals surface area contributed by atoms with Crippen molar-refractivity contribution in [2.45, 2.75) is 0 Å². The van der Waals surface area contributed by atoms with Crippen LogP contribution in [-0.2, 0) is 0 Å². The van der Waals surface area contributed by atoms with Gasteiger partial charge in [-0.3, -0.25) is 0 Å². The van der Waals surface area contributed by atoms with E-state index in [0.717, 1.165) is 92.4 Å². The molecule has 0 saturated heterocycles. The molecule has 6 heteroatoms. The number of hydrogen-bond acceptors (Lipinski definition) is 6. The number of aromatic nitrogens is 4. The number of benzene rings is 8. The molecule has 0 aliphatic carbocycles. The first kappa shape index (κ1) is 32.2. The highest BCUT2D eigenvalue weighted by Gasteiger charge is 2.21. The first-order chi connectivity index (χ1) is 27.7. The molecule has 3 heterocycles. The minimum atomic E-state index is 0.614. The fraction of sp³-hybridized carbons (Fsp3) is 0. The summed E-state index contributed by atoms with van der Waals surface area (Å²) >= 11 is 1.69. The van der Waals surface area contributed by atoms with Crippen molar-refractivity contribution in [1.82, 2.24) is 19.9 Å². The zero-order valence-corrected chi connectivity index (χ0v) is 30.7. The van der Waals surface area contributed by atoms with E-state index in [2.05, 4.69) is 127 Å². The molecule has 0 radical (unpaired) electrons. The van der Waals surface area contributed by atoms with Crippen molar-refractivity contribution in [3.8, 4) is 67.0 Å². The van der Waals surface area contributed by atoms with E-state index >= 15 is 0 Å². The van der Waals surface area contributed by atoms with Gasteiger partial charge in [-0.1, -0.05) is 152 Å². The first-order valence-electron chi connectivity index (χ1n) is 18.5. The zero-order valence-electron chi connectivity index (χ0n) is 29.9. The van der Waals surface area contributed by atoms with Crippen LogP contribution in [0.2, 0.25) is 0 Å². The number of nitrogens with zero attached hydrogens (tertiary/aromatic N) is 4. The molecule has 11 rings (SSSR count). The van der Waals surface area contributed by atoms with E-state index in [1.54, 1.807) is 11.3 Å². The van der Waals surface area contributed by atoms with Gasteiger partial charge in [0.15, 0.2) is 17.5 Å². The summed E-state index contributed by atoms with van der Waals surface area (Å²) < 4.78 is 7.57. The van der Waals surface area contributed by atoms with Gasteiger partial charge in [0.1, 0.15) is 16.2 Å². The van der Waals surface area contributed by atoms with Crippen molar-refractivity contribution in [1.29, 1.82) is 0 Å². The van der Waals surface area contributed by atoms with Gasteiger partial charge < -0.3 is 4.42 Å². The Kier molecular flexibility index (Phi) is 7.60. The number of furan rings is 1. The molecule has 0 amide bonds. The zero-order chi connectivity index (χ0) is 37.0. The second kappa shape index (κ2) is 13.2. The van der Waals surface area contributed by atoms with E-state index in [0.29, 0.717) is 17.5 Å². The minimum Gasteiger partial charge on any atom is -0.456 e. The molecule has 0 unspecified atom stereocenters. The van der Waals surface area contributed by atoms with Crippen LogP contribution in [0.25, 0.3) is 110 Å². The van der Waals surface area contributed by atoms with Crippen molar-refractivity contribution < 1.29 is 4.42 Å². The fourth-order valence-electron chi connectivity index (χ4n) is 7.62. The third-order valence-electron chi connectivity index (χ3n) is 10.3. The molecule has 0 N–H and O–H groups in total. The number of fused-ring (bicyclic) bond motifs is 5. The van der Waals surface area contributed by atoms with Crippen molar-refractivity contribution in [3.63, 3.8) is 0 Å². The maximum Gasteiger partial charge on any atom is 0.164 e. The number of thiazole rings is 1. The first-order valence-corrected chi connectivity index (χ1v) is 19.4. The summed E-state index contributed by atoms with van der Waals surface area (Å²) in [5, 5.41) is 5.32. The highest BCUT2D eigenvalue weighted by molar-refractivity contribution is 7.21. The van der Waals surface area contributed by atoms with Crippen LogP contribution < -0.4 is 0 Å². The third-order valence-corrected chi connectivity index (χ3v) is 11.4. The molecule has 0 saturated carbocycles. The molecule has 0 atom stereocenters. The maximum absolute atomic E-state index is 6.49. The van der Waals surface area contributed by atoms with E-state index in [-0.39, 0.29) is 0 Å². The van der Waals surface area contributed by atoms with Gasteiger partial charge in [0.25, 0.3) is 0 Å². The van der Waals surface area contributed by atoms with Gasteiger partial charge >= 0.3 is 0 Å². The SMILES string of the molecule is c1ccc(-c2cccc(-c3nc(-c4ccccc4)nc(-c4ccc5ccc(-c6c7nc(-c8ccccc8)sc7cc7oc8ccccc8c67)cc5c4)n3)c2)cc1. The predicted molar refractivity (Wildman–Crippen MR) is 230 cm³/mol. The second-order valence-corrected chi connectivity index (χ2v) is 14.9. The van der Waals surface area contributed by atoms with Crippen LogP contribution in [0.3, 0.4) is 0 Å². The van der Waals surface area contributed by atoms with Gasteiger partial charge in [-0.05, 0) is 51.7 Å². The molecule has 11 aromatic rings. The van der Waals surface area contributed by atoms with Crippen LogP contribution in [0.15, 0.2) is 186 Å². The monoisotopic (exact) mass is 734 g/mol. The van der Waals surface area contributed by atoms with Gasteiger partial charge in [0.05, 0.1) is 10.2 Å². The van der Waals surface area contributed by atoms with Crippen molar-refractivity contribution in [2.75, 3.05) is 0 Å². The summed E-state index contributed by atoms with van der Waals surface area (Å²) in [4.78, 5) is 20.5. The smallest absolute Gasteiger partial charge is 0.164 e. The molecule has 0 spiro atoms. The normalized spacial score (nSPS) is 11.6. The molecule has 5 nitrogen and oxygen atoms in total. The summed E-state index contributed by atoms with van der Waals surface area (Å²) in [6.07, 6.45) is 0. The molecular weight excluding hydrogens is 705 g/mol. The molecule has 56 heavy (non-hydrogen) atoms. The highest BCUT2D eigenvalue weighted by Crippen LogP contribution is 2.45. The Balaban J connectivity index is 1.09. The quantitative estimate of drug-likeness (QED) is 0.170. The molecule has 0 fully saturated rings. The predicted octanol–water partition coefficient (Wildman–Crippen LogP) is 13.5. The molecule has 0 aliphatic heterocycles. The Morgan fingerprint density at radius 2 is 0.946 bits per heavy atom. The van der Waals surface area contributed by atoms with Gasteiger partial charge in [-0.15, -0.1) is 11.3 Å². The number of hydrogen-bond donors (Lipinski definition) is 0. The lowest BCUT2D eigenvalue weighted by atomic mass is 9.95. The highest BCUT2D eigenvalue weighted by atomic mass is 32.1. The van der Waals surface area contributed by atoms with Crippen molar-refractivity contribution >= 4 is 54.3 Å². The van der Waals surface area contributed by atoms with Crippen LogP contribution in [0, 0.1) is 0 Å². The molecule has 3 aromatic heterocycles. The average molecular weight is 735 g/mol. The Hall–Kier alpha value is -7.28. The van der Waals surface area contributed by atoms with Crippen LogP contribution in [0.5, 0.6) is 0 Å². The maximum atomic E-state index is 6.49. The lowest BCUT2D eigenvalue weighted by molar-refractivity contribution is 0.669. The summed E-state index contributed by atoms with van der Waals surface area (Å²) in [5.41, 5.74) is 10.9. The van der Waals surface area contributed by atoms with Crippen LogP contribution in [0.1, 0.15) is 0 Å². The molecule has 0 aliphatic rings. The standard InChI is InChI=1S/C50H30N4OS/c1-4-13-31(14-5-1)35-19-12-20-37(27-35)48-52-47(33-15-6-2-7-16-33)53-49(54-48)38-26-24-32-23-25-36(28-39(32)29-38)44-45-40-21-10-11-22-41(40)55-42(45)30-43-46(44)51-50(56-43)34-17-8-3-9-18-34/h1-30H. The average Bonchev–Trinajstić information content (AvgIpc) is 3.87. The van der Waals surface area contributed by atoms with Crippen LogP contribution in [0.4, 0.5) is 0 Å². The van der Waals surface area contributed by atoms with E-state index < -0.39 is 0 Å². The Morgan fingerprint density at radius 1 is 0.375 bits per heavy atom. The fourth-order valence-corrected chi connectivity index (χ4v) is 8.63. The van der Waals surface area contributed by atoms with Crippen molar-refractivity contribution in [2.24, 2.45) is 0 Å². The third kappa shape index (κ3) is 5.63. The largest absolute Gasteiger partial charge is 0.456 e. The van der Waals surface area contributed by atoms with Crippen molar-refractivity contribution in [3.05, 3.63) is 182 Å².